The van der Waals surface area contributed by atoms with Crippen LogP contribution in [0.4, 0.5) is 0 Å². The monoisotopic (exact) mass is 405 g/mol. The Morgan fingerprint density at radius 1 is 1.17 bits per heavy atom. The minimum atomic E-state index is -0.203. The quantitative estimate of drug-likeness (QED) is 0.660. The standard InChI is InChI=1S/C24H27N3O3/c1-24(2,3)17-7-9-18(10-8-17)30-14-12-25-22(28)16-6-11-19-20(15-16)26-21-5-4-13-27(21)23(19)29/h6-11,15H,4-5,12-14H2,1-3H3,(H,25,28). The summed E-state index contributed by atoms with van der Waals surface area (Å²) in [5.41, 5.74) is 2.40. The minimum Gasteiger partial charge on any atom is -0.492 e. The molecule has 0 atom stereocenters. The number of rotatable bonds is 5. The lowest BCUT2D eigenvalue weighted by molar-refractivity contribution is 0.0947. The van der Waals surface area contributed by atoms with Gasteiger partial charge in [0.1, 0.15) is 18.2 Å². The van der Waals surface area contributed by atoms with E-state index in [-0.39, 0.29) is 16.9 Å². The molecule has 156 valence electrons. The molecule has 2 heterocycles. The van der Waals surface area contributed by atoms with Crippen molar-refractivity contribution in [3.05, 3.63) is 69.8 Å². The van der Waals surface area contributed by atoms with E-state index in [1.54, 1.807) is 22.8 Å². The number of carbonyl (C=O) groups excluding carboxylic acids is 1. The number of nitrogens with one attached hydrogen (secondary N) is 1. The molecule has 0 aliphatic carbocycles. The van der Waals surface area contributed by atoms with Crippen LogP contribution in [-0.2, 0) is 18.4 Å². The zero-order valence-electron chi connectivity index (χ0n) is 17.7. The second-order valence-electron chi connectivity index (χ2n) is 8.70. The second kappa shape index (κ2) is 7.94. The van der Waals surface area contributed by atoms with Crippen molar-refractivity contribution in [2.75, 3.05) is 13.2 Å². The first-order valence-corrected chi connectivity index (χ1v) is 10.4. The van der Waals surface area contributed by atoms with Crippen LogP contribution in [0.1, 0.15) is 48.9 Å². The molecule has 0 fully saturated rings. The summed E-state index contributed by atoms with van der Waals surface area (Å²) in [6.45, 7) is 8.00. The highest BCUT2D eigenvalue weighted by Crippen LogP contribution is 2.24. The van der Waals surface area contributed by atoms with Crippen LogP contribution in [-0.4, -0.2) is 28.6 Å². The van der Waals surface area contributed by atoms with Crippen LogP contribution < -0.4 is 15.6 Å². The summed E-state index contributed by atoms with van der Waals surface area (Å²) < 4.78 is 7.45. The summed E-state index contributed by atoms with van der Waals surface area (Å²) in [6.07, 6.45) is 1.74. The Morgan fingerprint density at radius 2 is 1.93 bits per heavy atom. The maximum Gasteiger partial charge on any atom is 0.261 e. The van der Waals surface area contributed by atoms with E-state index < -0.39 is 0 Å². The maximum absolute atomic E-state index is 12.5. The van der Waals surface area contributed by atoms with Gasteiger partial charge in [0.15, 0.2) is 0 Å². The average molecular weight is 405 g/mol. The number of carbonyl (C=O) groups is 1. The molecule has 2 aromatic carbocycles. The number of benzene rings is 2. The van der Waals surface area contributed by atoms with Gasteiger partial charge in [0.25, 0.3) is 11.5 Å². The number of aromatic nitrogens is 2. The highest BCUT2D eigenvalue weighted by molar-refractivity contribution is 5.97. The van der Waals surface area contributed by atoms with E-state index in [1.165, 1.54) is 5.56 Å². The predicted molar refractivity (Wildman–Crippen MR) is 117 cm³/mol. The number of fused-ring (bicyclic) bond motifs is 2. The number of hydrogen-bond acceptors (Lipinski definition) is 4. The molecule has 1 aliphatic rings. The molecule has 1 N–H and O–H groups in total. The van der Waals surface area contributed by atoms with Crippen molar-refractivity contribution >= 4 is 16.8 Å². The normalized spacial score (nSPS) is 13.3. The number of ether oxygens (including phenoxy) is 1. The molecule has 1 aliphatic heterocycles. The lowest BCUT2D eigenvalue weighted by Gasteiger charge is -2.19. The van der Waals surface area contributed by atoms with Gasteiger partial charge < -0.3 is 10.1 Å². The molecule has 3 aromatic rings. The van der Waals surface area contributed by atoms with E-state index in [9.17, 15) is 9.59 Å². The predicted octanol–water partition coefficient (Wildman–Crippen LogP) is 3.45. The van der Waals surface area contributed by atoms with Gasteiger partial charge in [0.2, 0.25) is 0 Å². The molecular weight excluding hydrogens is 378 g/mol. The fourth-order valence-electron chi connectivity index (χ4n) is 3.71. The third-order valence-corrected chi connectivity index (χ3v) is 5.46. The van der Waals surface area contributed by atoms with E-state index in [2.05, 4.69) is 43.2 Å². The Labute approximate surface area is 175 Å². The third kappa shape index (κ3) is 4.08. The van der Waals surface area contributed by atoms with Crippen LogP contribution in [0.2, 0.25) is 0 Å². The second-order valence-corrected chi connectivity index (χ2v) is 8.70. The molecular formula is C24H27N3O3. The lowest BCUT2D eigenvalue weighted by Crippen LogP contribution is -2.28. The van der Waals surface area contributed by atoms with Crippen molar-refractivity contribution in [1.82, 2.24) is 14.9 Å². The van der Waals surface area contributed by atoms with Crippen LogP contribution in [0.5, 0.6) is 5.75 Å². The van der Waals surface area contributed by atoms with Crippen molar-refractivity contribution in [3.63, 3.8) is 0 Å². The summed E-state index contributed by atoms with van der Waals surface area (Å²) in [6, 6.07) is 13.1. The van der Waals surface area contributed by atoms with Gasteiger partial charge in [-0.1, -0.05) is 32.9 Å². The van der Waals surface area contributed by atoms with Crippen molar-refractivity contribution < 1.29 is 9.53 Å². The van der Waals surface area contributed by atoms with Gasteiger partial charge in [-0.25, -0.2) is 4.98 Å². The molecule has 0 spiro atoms. The van der Waals surface area contributed by atoms with Gasteiger partial charge in [-0.15, -0.1) is 0 Å². The largest absolute Gasteiger partial charge is 0.492 e. The molecule has 1 aromatic heterocycles. The van der Waals surface area contributed by atoms with E-state index in [0.717, 1.165) is 31.0 Å². The molecule has 4 rings (SSSR count). The topological polar surface area (TPSA) is 73.2 Å². The van der Waals surface area contributed by atoms with Crippen molar-refractivity contribution in [1.29, 1.82) is 0 Å². The first-order chi connectivity index (χ1) is 14.3. The van der Waals surface area contributed by atoms with Gasteiger partial charge in [-0.05, 0) is 47.7 Å². The fourth-order valence-corrected chi connectivity index (χ4v) is 3.71. The van der Waals surface area contributed by atoms with Gasteiger partial charge >= 0.3 is 0 Å². The number of aryl methyl sites for hydroxylation is 1. The van der Waals surface area contributed by atoms with Gasteiger partial charge in [-0.3, -0.25) is 14.2 Å². The van der Waals surface area contributed by atoms with Gasteiger partial charge in [-0.2, -0.15) is 0 Å². The van der Waals surface area contributed by atoms with Crippen LogP contribution in [0, 0.1) is 0 Å². The summed E-state index contributed by atoms with van der Waals surface area (Å²) in [4.78, 5) is 29.6. The van der Waals surface area contributed by atoms with Crippen LogP contribution in [0.25, 0.3) is 10.9 Å². The summed E-state index contributed by atoms with van der Waals surface area (Å²) >= 11 is 0. The number of nitrogens with zero attached hydrogens (tertiary/aromatic N) is 2. The van der Waals surface area contributed by atoms with E-state index >= 15 is 0 Å². The van der Waals surface area contributed by atoms with Crippen LogP contribution >= 0.6 is 0 Å². The fraction of sp³-hybridized carbons (Fsp3) is 0.375. The SMILES string of the molecule is CC(C)(C)c1ccc(OCCNC(=O)c2ccc3c(=O)n4c(nc3c2)CCC4)cc1. The first-order valence-electron chi connectivity index (χ1n) is 10.4. The van der Waals surface area contributed by atoms with Gasteiger partial charge in [0, 0.05) is 18.5 Å². The average Bonchev–Trinajstić information content (AvgIpc) is 3.19. The minimum absolute atomic E-state index is 0.0228. The van der Waals surface area contributed by atoms with Gasteiger partial charge in [0.05, 0.1) is 17.4 Å². The molecule has 1 amide bonds. The Bertz CT molecular complexity index is 1140. The Morgan fingerprint density at radius 3 is 2.67 bits per heavy atom. The zero-order chi connectivity index (χ0) is 21.3. The maximum atomic E-state index is 12.5. The first kappa shape index (κ1) is 20.1. The van der Waals surface area contributed by atoms with Crippen LogP contribution in [0.15, 0.2) is 47.3 Å². The molecule has 30 heavy (non-hydrogen) atoms. The molecule has 6 heteroatoms. The van der Waals surface area contributed by atoms with Crippen molar-refractivity contribution in [3.8, 4) is 5.75 Å². The number of hydrogen-bond donors (Lipinski definition) is 1. The lowest BCUT2D eigenvalue weighted by atomic mass is 9.87. The third-order valence-electron chi connectivity index (χ3n) is 5.46. The van der Waals surface area contributed by atoms with E-state index in [4.69, 9.17) is 4.74 Å². The molecule has 0 bridgehead atoms. The zero-order valence-corrected chi connectivity index (χ0v) is 17.7. The smallest absolute Gasteiger partial charge is 0.261 e. The highest BCUT2D eigenvalue weighted by Gasteiger charge is 2.17. The molecule has 0 saturated heterocycles. The molecule has 6 nitrogen and oxygen atoms in total. The Hall–Kier alpha value is -3.15. The summed E-state index contributed by atoms with van der Waals surface area (Å²) in [7, 11) is 0. The summed E-state index contributed by atoms with van der Waals surface area (Å²) in [5.74, 6) is 1.38. The Kier molecular flexibility index (Phi) is 5.33. The van der Waals surface area contributed by atoms with Crippen LogP contribution in [0.3, 0.4) is 0 Å². The highest BCUT2D eigenvalue weighted by atomic mass is 16.5. The molecule has 0 unspecified atom stereocenters. The Balaban J connectivity index is 1.36. The van der Waals surface area contributed by atoms with Crippen molar-refractivity contribution in [2.45, 2.75) is 45.6 Å². The number of amides is 1. The molecule has 0 radical (unpaired) electrons. The summed E-state index contributed by atoms with van der Waals surface area (Å²) in [5, 5.41) is 3.42. The van der Waals surface area contributed by atoms with E-state index in [1.807, 2.05) is 12.1 Å². The van der Waals surface area contributed by atoms with E-state index in [0.29, 0.717) is 29.6 Å². The molecule has 0 saturated carbocycles. The van der Waals surface area contributed by atoms with Crippen molar-refractivity contribution in [2.24, 2.45) is 0 Å².